The Labute approximate surface area is 228 Å². The molecule has 0 radical (unpaired) electrons. The first kappa shape index (κ1) is 24.8. The number of nitrogens with zero attached hydrogens (tertiary/aromatic N) is 7. The largest absolute Gasteiger partial charge is 0.344 e. The molecule has 0 saturated carbocycles. The maximum Gasteiger partial charge on any atom is 0.264 e. The van der Waals surface area contributed by atoms with E-state index in [0.717, 1.165) is 5.39 Å². The molecular weight excluding hydrogens is 504 g/mol. The minimum absolute atomic E-state index is 0.233. The van der Waals surface area contributed by atoms with Gasteiger partial charge in [-0.25, -0.2) is 4.52 Å². The van der Waals surface area contributed by atoms with Crippen LogP contribution in [0.5, 0.6) is 0 Å². The average Bonchev–Trinajstić information content (AvgIpc) is 3.53. The van der Waals surface area contributed by atoms with Crippen molar-refractivity contribution in [3.8, 4) is 17.5 Å². The molecular formula is C30H24N8O2. The summed E-state index contributed by atoms with van der Waals surface area (Å²) in [4.78, 5) is 27.6. The highest BCUT2D eigenvalue weighted by atomic mass is 16.2. The van der Waals surface area contributed by atoms with Crippen molar-refractivity contribution in [1.29, 1.82) is 0 Å². The minimum atomic E-state index is -0.543. The maximum atomic E-state index is 14.2. The lowest BCUT2D eigenvalue weighted by atomic mass is 10.0. The van der Waals surface area contributed by atoms with Crippen molar-refractivity contribution in [3.63, 3.8) is 0 Å². The van der Waals surface area contributed by atoms with Crippen molar-refractivity contribution in [3.05, 3.63) is 118 Å². The van der Waals surface area contributed by atoms with Crippen molar-refractivity contribution < 1.29 is 4.79 Å². The summed E-state index contributed by atoms with van der Waals surface area (Å²) in [5, 5.41) is 20.9. The smallest absolute Gasteiger partial charge is 0.264 e. The van der Waals surface area contributed by atoms with Crippen LogP contribution in [0.4, 0.5) is 0 Å². The Morgan fingerprint density at radius 1 is 1.00 bits per heavy atom. The van der Waals surface area contributed by atoms with E-state index in [0.29, 0.717) is 44.9 Å². The Kier molecular flexibility index (Phi) is 6.16. The third-order valence-electron chi connectivity index (χ3n) is 6.63. The molecule has 2 aromatic carbocycles. The fraction of sp³-hybridized carbons (Fsp3) is 0.133. The molecule has 10 heteroatoms. The zero-order valence-corrected chi connectivity index (χ0v) is 22.0. The van der Waals surface area contributed by atoms with Crippen LogP contribution in [0.2, 0.25) is 0 Å². The molecule has 1 amide bonds. The van der Waals surface area contributed by atoms with Gasteiger partial charge in [-0.3, -0.25) is 18.8 Å². The van der Waals surface area contributed by atoms with Gasteiger partial charge in [0.05, 0.1) is 29.5 Å². The summed E-state index contributed by atoms with van der Waals surface area (Å²) in [5.74, 6) is 5.82. The van der Waals surface area contributed by atoms with Gasteiger partial charge in [-0.15, -0.1) is 5.10 Å². The van der Waals surface area contributed by atoms with Crippen LogP contribution in [0.15, 0.2) is 84.0 Å². The molecule has 6 aromatic rings. The summed E-state index contributed by atoms with van der Waals surface area (Å²) in [6, 6.07) is 18.1. The van der Waals surface area contributed by atoms with Gasteiger partial charge in [-0.05, 0) is 55.5 Å². The van der Waals surface area contributed by atoms with Crippen LogP contribution in [0.25, 0.3) is 22.1 Å². The molecule has 0 aliphatic carbocycles. The zero-order valence-electron chi connectivity index (χ0n) is 22.0. The second-order valence-corrected chi connectivity index (χ2v) is 9.38. The predicted octanol–water partition coefficient (Wildman–Crippen LogP) is 3.36. The second kappa shape index (κ2) is 9.96. The van der Waals surface area contributed by atoms with E-state index in [2.05, 4.69) is 37.6 Å². The molecule has 0 fully saturated rings. The van der Waals surface area contributed by atoms with Crippen molar-refractivity contribution >= 4 is 22.3 Å². The van der Waals surface area contributed by atoms with Gasteiger partial charge in [0.1, 0.15) is 11.3 Å². The van der Waals surface area contributed by atoms with E-state index in [4.69, 9.17) is 0 Å². The lowest BCUT2D eigenvalue weighted by Gasteiger charge is -2.21. The van der Waals surface area contributed by atoms with Crippen LogP contribution >= 0.6 is 0 Å². The van der Waals surface area contributed by atoms with Gasteiger partial charge >= 0.3 is 0 Å². The molecule has 196 valence electrons. The predicted molar refractivity (Wildman–Crippen MR) is 150 cm³/mol. The van der Waals surface area contributed by atoms with Gasteiger partial charge in [0.25, 0.3) is 11.5 Å². The van der Waals surface area contributed by atoms with E-state index in [1.807, 2.05) is 80.8 Å². The highest BCUT2D eigenvalue weighted by Gasteiger charge is 2.23. The summed E-state index contributed by atoms with van der Waals surface area (Å²) in [6.45, 7) is 3.59. The molecule has 1 N–H and O–H groups in total. The Morgan fingerprint density at radius 3 is 2.60 bits per heavy atom. The van der Waals surface area contributed by atoms with Crippen molar-refractivity contribution in [2.24, 2.45) is 7.05 Å². The lowest BCUT2D eigenvalue weighted by Crippen LogP contribution is -2.32. The van der Waals surface area contributed by atoms with Crippen LogP contribution in [0.1, 0.15) is 46.0 Å². The molecule has 40 heavy (non-hydrogen) atoms. The average molecular weight is 529 g/mol. The van der Waals surface area contributed by atoms with Crippen molar-refractivity contribution in [1.82, 2.24) is 39.5 Å². The number of hydrogen-bond donors (Lipinski definition) is 1. The molecule has 1 atom stereocenters. The third-order valence-corrected chi connectivity index (χ3v) is 6.63. The molecule has 0 unspecified atom stereocenters. The molecule has 0 spiro atoms. The fourth-order valence-electron chi connectivity index (χ4n) is 4.79. The first-order chi connectivity index (χ1) is 19.4. The number of carbonyl (C=O) groups is 1. The number of hydrogen-bond acceptors (Lipinski definition) is 6. The Hall–Kier alpha value is -5.56. The highest BCUT2D eigenvalue weighted by Crippen LogP contribution is 2.24. The number of nitrogens with one attached hydrogen (secondary N) is 1. The van der Waals surface area contributed by atoms with Gasteiger partial charge in [0.2, 0.25) is 0 Å². The van der Waals surface area contributed by atoms with E-state index in [-0.39, 0.29) is 11.5 Å². The second-order valence-electron chi connectivity index (χ2n) is 9.38. The highest BCUT2D eigenvalue weighted by molar-refractivity contribution is 6.01. The lowest BCUT2D eigenvalue weighted by molar-refractivity contribution is 0.0939. The quantitative estimate of drug-likeness (QED) is 0.351. The number of benzene rings is 2. The van der Waals surface area contributed by atoms with Gasteiger partial charge in [0, 0.05) is 30.2 Å². The van der Waals surface area contributed by atoms with E-state index in [1.165, 1.54) is 10.7 Å². The number of aryl methyl sites for hydroxylation is 2. The van der Waals surface area contributed by atoms with E-state index < -0.39 is 6.04 Å². The Morgan fingerprint density at radius 2 is 1.82 bits per heavy atom. The molecule has 0 aliphatic rings. The summed E-state index contributed by atoms with van der Waals surface area (Å²) >= 11 is 0. The first-order valence-corrected chi connectivity index (χ1v) is 12.6. The minimum Gasteiger partial charge on any atom is -0.344 e. The monoisotopic (exact) mass is 528 g/mol. The number of aromatic nitrogens is 7. The first-order valence-electron chi connectivity index (χ1n) is 12.6. The number of amides is 1. The van der Waals surface area contributed by atoms with Gasteiger partial charge in [-0.1, -0.05) is 36.3 Å². The molecule has 4 heterocycles. The summed E-state index contributed by atoms with van der Waals surface area (Å²) in [5.41, 5.74) is 3.50. The fourth-order valence-corrected chi connectivity index (χ4v) is 4.79. The van der Waals surface area contributed by atoms with Gasteiger partial charge in [0.15, 0.2) is 5.65 Å². The number of carbonyl (C=O) groups excluding carboxylic acids is 1. The van der Waals surface area contributed by atoms with Crippen molar-refractivity contribution in [2.45, 2.75) is 19.9 Å². The molecule has 0 saturated heterocycles. The summed E-state index contributed by atoms with van der Waals surface area (Å²) in [7, 11) is 1.83. The normalized spacial score (nSPS) is 11.8. The number of fused-ring (bicyclic) bond motifs is 2. The molecule has 0 aliphatic heterocycles. The topological polar surface area (TPSA) is 112 Å². The summed E-state index contributed by atoms with van der Waals surface area (Å²) in [6.07, 6.45) is 4.96. The Balaban J connectivity index is 1.48. The summed E-state index contributed by atoms with van der Waals surface area (Å²) < 4.78 is 4.83. The number of para-hydroxylation sites is 1. The van der Waals surface area contributed by atoms with Crippen LogP contribution in [-0.2, 0) is 7.05 Å². The van der Waals surface area contributed by atoms with Crippen LogP contribution in [0, 0.1) is 18.8 Å². The maximum absolute atomic E-state index is 14.2. The Bertz CT molecular complexity index is 2030. The van der Waals surface area contributed by atoms with Crippen LogP contribution in [-0.4, -0.2) is 40.1 Å². The molecule has 4 aromatic heterocycles. The molecule has 10 nitrogen and oxygen atoms in total. The van der Waals surface area contributed by atoms with E-state index >= 15 is 0 Å². The third kappa shape index (κ3) is 4.39. The SMILES string of the molecule is Cc1nn2ccnnc2c1C(=O)N[C@@H](C)c1cc2cccc(C#Cc3ccn(C)n3)c2c(=O)n1-c1ccccc1. The molecule has 6 rings (SSSR count). The van der Waals surface area contributed by atoms with Crippen LogP contribution in [0.3, 0.4) is 0 Å². The molecule has 0 bridgehead atoms. The van der Waals surface area contributed by atoms with Gasteiger partial charge in [-0.2, -0.15) is 15.3 Å². The van der Waals surface area contributed by atoms with Crippen molar-refractivity contribution in [2.75, 3.05) is 0 Å². The van der Waals surface area contributed by atoms with E-state index in [1.54, 1.807) is 22.4 Å². The number of rotatable bonds is 4. The van der Waals surface area contributed by atoms with Gasteiger partial charge < -0.3 is 5.32 Å². The number of pyridine rings is 1. The van der Waals surface area contributed by atoms with E-state index in [9.17, 15) is 9.59 Å². The van der Waals surface area contributed by atoms with Crippen LogP contribution < -0.4 is 10.9 Å². The zero-order chi connectivity index (χ0) is 27.8. The standard InChI is InChI=1S/C30H24N8O2/c1-19(32-29(39)26-20(2)34-37-17-15-31-33-28(26)37)25-18-22-9-7-8-21(12-13-23-14-16-36(3)35-23)27(22)30(40)38(25)24-10-5-4-6-11-24/h4-11,14-19H,1-3H3,(H,32,39)/t19-/m0/s1.